The van der Waals surface area contributed by atoms with E-state index >= 15 is 0 Å². The van der Waals surface area contributed by atoms with Gasteiger partial charge < -0.3 is 9.47 Å². The molecule has 0 unspecified atom stereocenters. The van der Waals surface area contributed by atoms with Crippen LogP contribution in [0.1, 0.15) is 11.1 Å². The Labute approximate surface area is 158 Å². The molecule has 132 valence electrons. The molecular formula is C24H18O3. The van der Waals surface area contributed by atoms with Crippen molar-refractivity contribution in [1.82, 2.24) is 0 Å². The van der Waals surface area contributed by atoms with E-state index in [1.54, 1.807) is 13.2 Å². The molecule has 4 rings (SSSR count). The number of methoxy groups -OCH3 is 1. The lowest BCUT2D eigenvalue weighted by molar-refractivity contribution is -0.131. The summed E-state index contributed by atoms with van der Waals surface area (Å²) in [6, 6.07) is 25.6. The van der Waals surface area contributed by atoms with E-state index < -0.39 is 0 Å². The lowest BCUT2D eigenvalue weighted by Crippen LogP contribution is -1.98. The minimum Gasteiger partial charge on any atom is -0.497 e. The lowest BCUT2D eigenvalue weighted by atomic mass is 10.0. The van der Waals surface area contributed by atoms with Crippen LogP contribution in [0.2, 0.25) is 0 Å². The maximum atomic E-state index is 12.3. The second kappa shape index (κ2) is 7.34. The van der Waals surface area contributed by atoms with Crippen LogP contribution < -0.4 is 4.74 Å². The Morgan fingerprint density at radius 3 is 2.00 bits per heavy atom. The predicted molar refractivity (Wildman–Crippen MR) is 107 cm³/mol. The Morgan fingerprint density at radius 2 is 1.37 bits per heavy atom. The van der Waals surface area contributed by atoms with Crippen molar-refractivity contribution in [2.45, 2.75) is 0 Å². The van der Waals surface area contributed by atoms with Crippen molar-refractivity contribution >= 4 is 17.6 Å². The zero-order chi connectivity index (χ0) is 18.6. The number of ether oxygens (including phenoxy) is 2. The predicted octanol–water partition coefficient (Wildman–Crippen LogP) is 5.34. The van der Waals surface area contributed by atoms with Crippen LogP contribution in [0, 0.1) is 0 Å². The Hall–Kier alpha value is -3.59. The Balaban J connectivity index is 1.58. The second-order valence-electron chi connectivity index (χ2n) is 6.21. The summed E-state index contributed by atoms with van der Waals surface area (Å²) in [5.41, 5.74) is 4.57. The molecule has 0 bridgehead atoms. The summed E-state index contributed by atoms with van der Waals surface area (Å²) in [6.45, 7) is 0. The summed E-state index contributed by atoms with van der Waals surface area (Å²) in [5, 5.41) is 0. The van der Waals surface area contributed by atoms with Gasteiger partial charge >= 0.3 is 5.97 Å². The number of benzene rings is 3. The minimum absolute atomic E-state index is 0.325. The van der Waals surface area contributed by atoms with E-state index in [0.29, 0.717) is 11.3 Å². The van der Waals surface area contributed by atoms with Gasteiger partial charge in [0.1, 0.15) is 11.5 Å². The third kappa shape index (κ3) is 3.67. The fourth-order valence-electron chi connectivity index (χ4n) is 3.00. The average molecular weight is 354 g/mol. The summed E-state index contributed by atoms with van der Waals surface area (Å²) in [6.07, 6.45) is 3.65. The molecule has 0 saturated heterocycles. The van der Waals surface area contributed by atoms with E-state index in [9.17, 15) is 4.79 Å². The van der Waals surface area contributed by atoms with Crippen LogP contribution in [-0.4, -0.2) is 13.1 Å². The first-order chi connectivity index (χ1) is 13.2. The van der Waals surface area contributed by atoms with Gasteiger partial charge in [-0.15, -0.1) is 0 Å². The number of hydrogen-bond donors (Lipinski definition) is 0. The number of carbonyl (C=O) groups excluding carboxylic acids is 1. The zero-order valence-corrected chi connectivity index (χ0v) is 14.9. The van der Waals surface area contributed by atoms with Gasteiger partial charge in [-0.25, -0.2) is 4.79 Å². The number of rotatable bonds is 4. The molecule has 3 heteroatoms. The van der Waals surface area contributed by atoms with Gasteiger partial charge in [0, 0.05) is 0 Å². The lowest BCUT2D eigenvalue weighted by Gasteiger charge is -2.05. The van der Waals surface area contributed by atoms with Crippen LogP contribution in [0.15, 0.2) is 90.7 Å². The largest absolute Gasteiger partial charge is 0.497 e. The van der Waals surface area contributed by atoms with Gasteiger partial charge in [-0.05, 0) is 46.5 Å². The molecule has 0 spiro atoms. The van der Waals surface area contributed by atoms with Gasteiger partial charge in [-0.3, -0.25) is 0 Å². The van der Waals surface area contributed by atoms with Crippen LogP contribution >= 0.6 is 0 Å². The second-order valence-corrected chi connectivity index (χ2v) is 6.21. The number of cyclic esters (lactones) is 1. The minimum atomic E-state index is -0.325. The fraction of sp³-hybridized carbons (Fsp3) is 0.0417. The smallest absolute Gasteiger partial charge is 0.344 e. The first kappa shape index (κ1) is 16.9. The van der Waals surface area contributed by atoms with Crippen molar-refractivity contribution in [2.24, 2.45) is 0 Å². The molecule has 3 aromatic rings. The summed E-state index contributed by atoms with van der Waals surface area (Å²) in [7, 11) is 1.65. The molecule has 0 radical (unpaired) electrons. The molecule has 1 heterocycles. The normalized spacial score (nSPS) is 14.8. The first-order valence-electron chi connectivity index (χ1n) is 8.68. The molecule has 27 heavy (non-hydrogen) atoms. The monoisotopic (exact) mass is 354 g/mol. The molecular weight excluding hydrogens is 336 g/mol. The van der Waals surface area contributed by atoms with E-state index in [-0.39, 0.29) is 5.97 Å². The van der Waals surface area contributed by atoms with Crippen LogP contribution in [0.25, 0.3) is 22.8 Å². The van der Waals surface area contributed by atoms with E-state index in [1.165, 1.54) is 0 Å². The van der Waals surface area contributed by atoms with Crippen molar-refractivity contribution in [3.8, 4) is 16.9 Å². The Kier molecular flexibility index (Phi) is 4.58. The highest BCUT2D eigenvalue weighted by atomic mass is 16.5. The first-order valence-corrected chi connectivity index (χ1v) is 8.68. The Bertz CT molecular complexity index is 1010. The molecule has 1 aliphatic heterocycles. The van der Waals surface area contributed by atoms with Gasteiger partial charge in [-0.1, -0.05) is 66.7 Å². The quantitative estimate of drug-likeness (QED) is 0.593. The van der Waals surface area contributed by atoms with E-state index in [4.69, 9.17) is 9.47 Å². The zero-order valence-electron chi connectivity index (χ0n) is 14.9. The van der Waals surface area contributed by atoms with Crippen LogP contribution in [0.4, 0.5) is 0 Å². The van der Waals surface area contributed by atoms with Crippen molar-refractivity contribution in [3.05, 3.63) is 102 Å². The van der Waals surface area contributed by atoms with Gasteiger partial charge in [0.15, 0.2) is 0 Å². The number of carbonyl (C=O) groups is 1. The van der Waals surface area contributed by atoms with E-state index in [0.717, 1.165) is 28.0 Å². The van der Waals surface area contributed by atoms with Crippen LogP contribution in [0.5, 0.6) is 5.75 Å². The average Bonchev–Trinajstić information content (AvgIpc) is 3.09. The maximum Gasteiger partial charge on any atom is 0.344 e. The van der Waals surface area contributed by atoms with Crippen LogP contribution in [0.3, 0.4) is 0 Å². The van der Waals surface area contributed by atoms with E-state index in [1.807, 2.05) is 84.9 Å². The molecule has 3 nitrogen and oxygen atoms in total. The molecule has 0 N–H and O–H groups in total. The van der Waals surface area contributed by atoms with Crippen LogP contribution in [-0.2, 0) is 9.53 Å². The molecule has 1 aliphatic rings. The number of hydrogen-bond acceptors (Lipinski definition) is 3. The van der Waals surface area contributed by atoms with Gasteiger partial charge in [0.05, 0.1) is 12.7 Å². The fourth-order valence-corrected chi connectivity index (χ4v) is 3.00. The summed E-state index contributed by atoms with van der Waals surface area (Å²) >= 11 is 0. The molecule has 0 aliphatic carbocycles. The molecule has 0 saturated carbocycles. The highest BCUT2D eigenvalue weighted by molar-refractivity contribution is 6.20. The van der Waals surface area contributed by atoms with E-state index in [2.05, 4.69) is 0 Å². The van der Waals surface area contributed by atoms with Crippen molar-refractivity contribution in [3.63, 3.8) is 0 Å². The third-order valence-corrected chi connectivity index (χ3v) is 4.44. The summed E-state index contributed by atoms with van der Waals surface area (Å²) in [4.78, 5) is 12.3. The highest BCUT2D eigenvalue weighted by Gasteiger charge is 2.22. The molecule has 0 aromatic heterocycles. The third-order valence-electron chi connectivity index (χ3n) is 4.44. The highest BCUT2D eigenvalue weighted by Crippen LogP contribution is 2.29. The molecule has 0 fully saturated rings. The van der Waals surface area contributed by atoms with Gasteiger partial charge in [0.2, 0.25) is 0 Å². The standard InChI is InChI=1S/C24H18O3/c1-26-21-13-11-19(12-14-21)18-7-9-20(10-8-18)23-16-22(27-24(23)25)15-17-5-3-2-4-6-17/h2-16H,1H3/b22-15-. The molecule has 0 atom stereocenters. The van der Waals surface area contributed by atoms with Crippen molar-refractivity contribution in [2.75, 3.05) is 7.11 Å². The molecule has 3 aromatic carbocycles. The number of esters is 1. The topological polar surface area (TPSA) is 35.5 Å². The van der Waals surface area contributed by atoms with Crippen molar-refractivity contribution < 1.29 is 14.3 Å². The van der Waals surface area contributed by atoms with Crippen molar-refractivity contribution in [1.29, 1.82) is 0 Å². The molecule has 0 amide bonds. The Morgan fingerprint density at radius 1 is 0.778 bits per heavy atom. The maximum absolute atomic E-state index is 12.3. The van der Waals surface area contributed by atoms with Gasteiger partial charge in [0.25, 0.3) is 0 Å². The number of allylic oxidation sites excluding steroid dienone is 1. The summed E-state index contributed by atoms with van der Waals surface area (Å²) < 4.78 is 10.6. The van der Waals surface area contributed by atoms with Gasteiger partial charge in [-0.2, -0.15) is 0 Å². The SMILES string of the molecule is COc1ccc(-c2ccc(C3=C/C(=C/c4ccccc4)OC3=O)cc2)cc1. The summed E-state index contributed by atoms with van der Waals surface area (Å²) in [5.74, 6) is 1.06.